The maximum Gasteiger partial charge on any atom is 0.261 e. The molecular formula is C90H146N4O8. The van der Waals surface area contributed by atoms with Crippen molar-refractivity contribution in [3.63, 3.8) is 0 Å². The minimum absolute atomic E-state index is 0.169. The van der Waals surface area contributed by atoms with Crippen LogP contribution in [0.3, 0.4) is 0 Å². The second kappa shape index (κ2) is 49.2. The lowest BCUT2D eigenvalue weighted by Gasteiger charge is -2.44. The molecule has 0 radical (unpaired) electrons. The molecule has 7 rings (SSSR count). The molecule has 8 atom stereocenters. The summed E-state index contributed by atoms with van der Waals surface area (Å²) in [6.45, 7) is 11.0. The number of aromatic nitrogens is 2. The fourth-order valence-electron chi connectivity index (χ4n) is 19.6. The van der Waals surface area contributed by atoms with Gasteiger partial charge in [0.2, 0.25) is 0 Å². The fourth-order valence-corrected chi connectivity index (χ4v) is 19.6. The van der Waals surface area contributed by atoms with E-state index in [4.69, 9.17) is 0 Å². The molecule has 3 aromatic rings. The molecule has 12 nitrogen and oxygen atoms in total. The monoisotopic (exact) mass is 1410 g/mol. The summed E-state index contributed by atoms with van der Waals surface area (Å²) >= 11 is 0. The molecule has 102 heavy (non-hydrogen) atoms. The van der Waals surface area contributed by atoms with Crippen molar-refractivity contribution >= 4 is 45.2 Å². The zero-order valence-electron chi connectivity index (χ0n) is 65.6. The summed E-state index contributed by atoms with van der Waals surface area (Å²) in [6.07, 6.45) is 75.9. The quantitative estimate of drug-likeness (QED) is 0.0400. The Kier molecular flexibility index (Phi) is 40.8. The van der Waals surface area contributed by atoms with Gasteiger partial charge in [-0.3, -0.25) is 57.3 Å². The van der Waals surface area contributed by atoms with Crippen LogP contribution in [0.5, 0.6) is 0 Å². The van der Waals surface area contributed by atoms with Gasteiger partial charge in [0, 0.05) is 50.5 Å². The molecule has 574 valence electrons. The second-order valence-electron chi connectivity index (χ2n) is 33.1. The van der Waals surface area contributed by atoms with Crippen LogP contribution in [0.4, 0.5) is 0 Å². The predicted octanol–water partition coefficient (Wildman–Crippen LogP) is 22.6. The van der Waals surface area contributed by atoms with Crippen LogP contribution >= 0.6 is 0 Å². The standard InChI is InChI=1S/C90H146N4O8/c1-5-9-13-17-29-41-53-75-71(49-37-15-11-7-3)57-59-73(77(75)55-43-31-21-25-33-45-65-91-83(95)61-62-84(91)96)51-39-27-19-23-35-47-67-93-87(99)79-69-81-82(70-80(79)88(93)100)90(102)94(89(81)101)68-48-36-24-20-28-40-52-74-60-58-72(50-38-16-12-8-4)76(54-42-30-18-14-10-6-2)78(74)56-44-32-22-26-34-46-66-92-85(97)63-64-86(92)98/h61-64,69-78H,5-60,65-68H2,1-4H3. The predicted molar refractivity (Wildman–Crippen MR) is 426 cm³/mol. The van der Waals surface area contributed by atoms with E-state index in [-0.39, 0.29) is 67.4 Å². The second-order valence-corrected chi connectivity index (χ2v) is 33.1. The van der Waals surface area contributed by atoms with Crippen LogP contribution in [0.2, 0.25) is 0 Å². The van der Waals surface area contributed by atoms with Crippen molar-refractivity contribution < 1.29 is 19.2 Å². The molecule has 8 unspecified atom stereocenters. The molecular weight excluding hydrogens is 1270 g/mol. The summed E-state index contributed by atoms with van der Waals surface area (Å²) in [5.74, 6) is 6.04. The van der Waals surface area contributed by atoms with E-state index in [1.54, 1.807) is 0 Å². The number of rotatable bonds is 60. The number of imide groups is 2. The number of hydrogen-bond donors (Lipinski definition) is 0. The van der Waals surface area contributed by atoms with E-state index in [1.165, 1.54) is 325 Å². The first kappa shape index (κ1) is 84.5. The van der Waals surface area contributed by atoms with E-state index >= 15 is 0 Å². The molecule has 12 heteroatoms. The van der Waals surface area contributed by atoms with Crippen LogP contribution in [0.1, 0.15) is 387 Å². The fraction of sp³-hybridized carbons (Fsp3) is 0.800. The maximum atomic E-state index is 13.9. The van der Waals surface area contributed by atoms with Gasteiger partial charge in [-0.25, -0.2) is 0 Å². The number of fused-ring (bicyclic) bond motifs is 2. The van der Waals surface area contributed by atoms with Crippen LogP contribution in [-0.4, -0.2) is 55.7 Å². The highest BCUT2D eigenvalue weighted by molar-refractivity contribution is 6.13. The van der Waals surface area contributed by atoms with Gasteiger partial charge in [-0.1, -0.05) is 310 Å². The van der Waals surface area contributed by atoms with Crippen molar-refractivity contribution in [2.75, 3.05) is 13.1 Å². The molecule has 0 spiro atoms. The topological polar surface area (TPSA) is 153 Å². The zero-order chi connectivity index (χ0) is 72.5. The normalized spacial score (nSPS) is 20.9. The van der Waals surface area contributed by atoms with Crippen molar-refractivity contribution in [2.24, 2.45) is 47.3 Å². The van der Waals surface area contributed by atoms with E-state index in [9.17, 15) is 38.4 Å². The van der Waals surface area contributed by atoms with Gasteiger partial charge in [0.25, 0.3) is 45.9 Å². The third kappa shape index (κ3) is 27.6. The number of hydrogen-bond acceptors (Lipinski definition) is 8. The van der Waals surface area contributed by atoms with E-state index < -0.39 is 0 Å². The molecule has 2 saturated carbocycles. The molecule has 4 amide bonds. The van der Waals surface area contributed by atoms with Gasteiger partial charge >= 0.3 is 0 Å². The third-order valence-corrected chi connectivity index (χ3v) is 25.6. The van der Waals surface area contributed by atoms with Crippen LogP contribution in [-0.2, 0) is 32.3 Å². The summed E-state index contributed by atoms with van der Waals surface area (Å²) in [4.78, 5) is 106. The molecule has 4 aliphatic rings. The number of amides is 4. The average Bonchev–Trinajstić information content (AvgIpc) is 1.59. The van der Waals surface area contributed by atoms with Crippen molar-refractivity contribution in [1.29, 1.82) is 0 Å². The third-order valence-electron chi connectivity index (χ3n) is 25.6. The smallest absolute Gasteiger partial charge is 0.261 e. The van der Waals surface area contributed by atoms with E-state index in [0.717, 1.165) is 137 Å². The Labute approximate surface area is 618 Å². The highest BCUT2D eigenvalue weighted by Gasteiger charge is 2.40. The average molecular weight is 1410 g/mol. The summed E-state index contributed by atoms with van der Waals surface area (Å²) in [7, 11) is 0. The van der Waals surface area contributed by atoms with Crippen LogP contribution in [0.25, 0.3) is 21.5 Å². The van der Waals surface area contributed by atoms with Gasteiger partial charge in [-0.05, 0) is 137 Å². The largest absolute Gasteiger partial charge is 0.275 e. The van der Waals surface area contributed by atoms with Gasteiger partial charge in [-0.15, -0.1) is 0 Å². The lowest BCUT2D eigenvalue weighted by molar-refractivity contribution is -0.138. The molecule has 2 aliphatic carbocycles. The van der Waals surface area contributed by atoms with Crippen molar-refractivity contribution in [3.8, 4) is 0 Å². The van der Waals surface area contributed by atoms with Crippen molar-refractivity contribution in [3.05, 3.63) is 77.9 Å². The van der Waals surface area contributed by atoms with E-state index in [2.05, 4.69) is 27.7 Å². The van der Waals surface area contributed by atoms with Gasteiger partial charge in [0.1, 0.15) is 0 Å². The SMILES string of the molecule is CCCCCCCCC1C(CCCCCC)CCC(CCCCCCCCn2c(=O)c3cc4c(=O)n(CCCCCCCCC5CCC(CCCCCC)C(CCCCCCCC)C5CCCCCCCCN5C(=O)C=CC5=O)c(=O)c4cc3c2=O)C1CCCCCCCCN1C(=O)C=CC1=O. The molecule has 1 aromatic carbocycles. The van der Waals surface area contributed by atoms with Crippen LogP contribution in [0, 0.1) is 47.3 Å². The Morgan fingerprint density at radius 1 is 0.235 bits per heavy atom. The minimum atomic E-state index is -0.347. The Morgan fingerprint density at radius 3 is 0.657 bits per heavy atom. The Bertz CT molecular complexity index is 2840. The molecule has 2 fully saturated rings. The van der Waals surface area contributed by atoms with Gasteiger partial charge in [0.15, 0.2) is 0 Å². The van der Waals surface area contributed by atoms with Gasteiger partial charge in [-0.2, -0.15) is 0 Å². The molecule has 2 aliphatic heterocycles. The summed E-state index contributed by atoms with van der Waals surface area (Å²) in [6, 6.07) is 3.07. The van der Waals surface area contributed by atoms with Crippen molar-refractivity contribution in [2.45, 2.75) is 400 Å². The van der Waals surface area contributed by atoms with Crippen LogP contribution < -0.4 is 22.2 Å². The summed E-state index contributed by atoms with van der Waals surface area (Å²) in [5.41, 5.74) is -1.39. The Morgan fingerprint density at radius 2 is 0.422 bits per heavy atom. The molecule has 0 N–H and O–H groups in total. The molecule has 4 heterocycles. The number of carbonyl (C=O) groups excluding carboxylic acids is 4. The van der Waals surface area contributed by atoms with Gasteiger partial charge in [0.05, 0.1) is 21.5 Å². The van der Waals surface area contributed by atoms with Gasteiger partial charge < -0.3 is 0 Å². The zero-order valence-corrected chi connectivity index (χ0v) is 65.6. The lowest BCUT2D eigenvalue weighted by atomic mass is 9.61. The highest BCUT2D eigenvalue weighted by Crippen LogP contribution is 2.50. The van der Waals surface area contributed by atoms with E-state index in [0.29, 0.717) is 26.2 Å². The first-order valence-corrected chi connectivity index (χ1v) is 43.9. The summed E-state index contributed by atoms with van der Waals surface area (Å²) < 4.78 is 2.70. The first-order valence-electron chi connectivity index (χ1n) is 43.9. The Hall–Kier alpha value is -4.74. The molecule has 0 bridgehead atoms. The number of benzene rings is 1. The first-order chi connectivity index (χ1) is 49.9. The lowest BCUT2D eigenvalue weighted by Crippen LogP contribution is -2.35. The number of nitrogens with zero attached hydrogens (tertiary/aromatic N) is 4. The number of unbranched alkanes of at least 4 members (excludes halogenated alkanes) is 36. The van der Waals surface area contributed by atoms with Crippen molar-refractivity contribution in [1.82, 2.24) is 18.9 Å². The van der Waals surface area contributed by atoms with Crippen LogP contribution in [0.15, 0.2) is 55.6 Å². The highest BCUT2D eigenvalue weighted by atomic mass is 16.2. The molecule has 0 saturated heterocycles. The number of carbonyl (C=O) groups is 4. The summed E-state index contributed by atoms with van der Waals surface area (Å²) in [5, 5.41) is 1.02. The Balaban J connectivity index is 0.835. The maximum absolute atomic E-state index is 13.9. The van der Waals surface area contributed by atoms with E-state index in [1.807, 2.05) is 0 Å². The minimum Gasteiger partial charge on any atom is -0.275 e. The molecule has 2 aromatic heterocycles.